The van der Waals surface area contributed by atoms with Crippen LogP contribution in [0.1, 0.15) is 0 Å². The molecule has 3 rings (SSSR count). The lowest BCUT2D eigenvalue weighted by Gasteiger charge is -1.98. The predicted octanol–water partition coefficient (Wildman–Crippen LogP) is 3.42. The van der Waals surface area contributed by atoms with Gasteiger partial charge in [-0.1, -0.05) is 11.6 Å². The molecule has 4 nitrogen and oxygen atoms in total. The molecule has 1 aromatic carbocycles. The maximum atomic E-state index is 5.95. The smallest absolute Gasteiger partial charge is 0.188 e. The van der Waals surface area contributed by atoms with Crippen LogP contribution < -0.4 is 5.32 Å². The van der Waals surface area contributed by atoms with Gasteiger partial charge in [-0.25, -0.2) is 4.98 Å². The van der Waals surface area contributed by atoms with Crippen molar-refractivity contribution >= 4 is 44.8 Å². The van der Waals surface area contributed by atoms with Gasteiger partial charge in [0.1, 0.15) is 0 Å². The Kier molecular flexibility index (Phi) is 2.27. The summed E-state index contributed by atoms with van der Waals surface area (Å²) in [6.45, 7) is 0. The molecule has 3 aromatic rings. The average molecular weight is 251 g/mol. The highest BCUT2D eigenvalue weighted by molar-refractivity contribution is 7.13. The molecule has 0 atom stereocenters. The fraction of sp³-hybridized carbons (Fsp3) is 0. The maximum absolute atomic E-state index is 5.95. The van der Waals surface area contributed by atoms with Gasteiger partial charge in [0.15, 0.2) is 10.9 Å². The first-order valence-electron chi connectivity index (χ1n) is 4.63. The largest absolute Gasteiger partial charge is 0.314 e. The van der Waals surface area contributed by atoms with Gasteiger partial charge in [-0.2, -0.15) is 5.10 Å². The van der Waals surface area contributed by atoms with E-state index in [1.54, 1.807) is 6.20 Å². The number of nitrogens with zero attached hydrogens (tertiary/aromatic N) is 2. The zero-order valence-electron chi connectivity index (χ0n) is 8.07. The van der Waals surface area contributed by atoms with Crippen molar-refractivity contribution in [1.29, 1.82) is 0 Å². The summed E-state index contributed by atoms with van der Waals surface area (Å²) >= 11 is 7.47. The van der Waals surface area contributed by atoms with Crippen molar-refractivity contribution < 1.29 is 0 Å². The van der Waals surface area contributed by atoms with Gasteiger partial charge in [-0.15, -0.1) is 11.3 Å². The monoisotopic (exact) mass is 250 g/mol. The van der Waals surface area contributed by atoms with Crippen LogP contribution in [0.5, 0.6) is 0 Å². The normalized spacial score (nSPS) is 10.8. The van der Waals surface area contributed by atoms with Crippen molar-refractivity contribution in [3.05, 3.63) is 34.8 Å². The van der Waals surface area contributed by atoms with Crippen LogP contribution in [0, 0.1) is 0 Å². The predicted molar refractivity (Wildman–Crippen MR) is 66.5 cm³/mol. The van der Waals surface area contributed by atoms with Gasteiger partial charge in [0.25, 0.3) is 0 Å². The third-order valence-electron chi connectivity index (χ3n) is 2.18. The second-order valence-corrected chi connectivity index (χ2v) is 4.56. The fourth-order valence-corrected chi connectivity index (χ4v) is 2.17. The third-order valence-corrected chi connectivity index (χ3v) is 3.11. The number of anilines is 2. The molecule has 6 heteroatoms. The van der Waals surface area contributed by atoms with E-state index in [0.29, 0.717) is 5.02 Å². The van der Waals surface area contributed by atoms with E-state index in [1.165, 1.54) is 11.3 Å². The molecule has 0 bridgehead atoms. The van der Waals surface area contributed by atoms with Crippen LogP contribution in [0.4, 0.5) is 10.9 Å². The van der Waals surface area contributed by atoms with Gasteiger partial charge in [0.05, 0.1) is 5.52 Å². The minimum atomic E-state index is 0.691. The van der Waals surface area contributed by atoms with Crippen LogP contribution in [-0.4, -0.2) is 15.2 Å². The van der Waals surface area contributed by atoms with E-state index in [2.05, 4.69) is 20.5 Å². The van der Waals surface area contributed by atoms with Crippen LogP contribution in [0.3, 0.4) is 0 Å². The molecule has 16 heavy (non-hydrogen) atoms. The summed E-state index contributed by atoms with van der Waals surface area (Å²) in [4.78, 5) is 4.14. The molecule has 2 N–H and O–H groups in total. The number of nitrogens with one attached hydrogen (secondary N) is 2. The molecule has 2 heterocycles. The summed E-state index contributed by atoms with van der Waals surface area (Å²) in [5.74, 6) is 0.743. The number of aromatic amines is 1. The van der Waals surface area contributed by atoms with Gasteiger partial charge in [-0.3, -0.25) is 5.10 Å². The van der Waals surface area contributed by atoms with E-state index in [1.807, 2.05) is 23.6 Å². The second kappa shape index (κ2) is 3.77. The molecule has 0 aliphatic heterocycles. The summed E-state index contributed by atoms with van der Waals surface area (Å²) in [6, 6.07) is 5.60. The first kappa shape index (κ1) is 9.62. The quantitative estimate of drug-likeness (QED) is 0.733. The molecule has 2 aromatic heterocycles. The topological polar surface area (TPSA) is 53.6 Å². The van der Waals surface area contributed by atoms with E-state index in [0.717, 1.165) is 21.9 Å². The maximum Gasteiger partial charge on any atom is 0.188 e. The second-order valence-electron chi connectivity index (χ2n) is 3.22. The van der Waals surface area contributed by atoms with E-state index in [9.17, 15) is 0 Å². The minimum absolute atomic E-state index is 0.691. The number of H-pyrrole nitrogens is 1. The molecule has 0 fully saturated rings. The van der Waals surface area contributed by atoms with Gasteiger partial charge in [0, 0.05) is 22.0 Å². The van der Waals surface area contributed by atoms with Crippen LogP contribution in [0.15, 0.2) is 29.8 Å². The van der Waals surface area contributed by atoms with Crippen LogP contribution >= 0.6 is 22.9 Å². The summed E-state index contributed by atoms with van der Waals surface area (Å²) in [6.07, 6.45) is 1.74. The van der Waals surface area contributed by atoms with Crippen molar-refractivity contribution in [2.75, 3.05) is 5.32 Å². The lowest BCUT2D eigenvalue weighted by atomic mass is 10.2. The molecule has 0 aliphatic rings. The number of aromatic nitrogens is 3. The average Bonchev–Trinajstić information content (AvgIpc) is 2.90. The minimum Gasteiger partial charge on any atom is -0.314 e. The van der Waals surface area contributed by atoms with Crippen molar-refractivity contribution in [3.8, 4) is 0 Å². The highest BCUT2D eigenvalue weighted by Crippen LogP contribution is 2.26. The molecular formula is C10H7ClN4S. The number of hydrogen-bond donors (Lipinski definition) is 2. The molecule has 0 radical (unpaired) electrons. The Morgan fingerprint density at radius 1 is 1.38 bits per heavy atom. The lowest BCUT2D eigenvalue weighted by molar-refractivity contribution is 1.12. The van der Waals surface area contributed by atoms with Crippen LogP contribution in [0.2, 0.25) is 5.02 Å². The number of rotatable bonds is 2. The summed E-state index contributed by atoms with van der Waals surface area (Å²) in [5, 5.41) is 14.6. The molecule has 0 amide bonds. The summed E-state index contributed by atoms with van der Waals surface area (Å²) < 4.78 is 0. The fourth-order valence-electron chi connectivity index (χ4n) is 1.47. The molecular weight excluding hydrogens is 244 g/mol. The molecule has 0 saturated carbocycles. The van der Waals surface area contributed by atoms with E-state index >= 15 is 0 Å². The Balaban J connectivity index is 2.07. The Labute approximate surface area is 100 Å². The van der Waals surface area contributed by atoms with Gasteiger partial charge in [0.2, 0.25) is 0 Å². The van der Waals surface area contributed by atoms with Crippen molar-refractivity contribution in [3.63, 3.8) is 0 Å². The van der Waals surface area contributed by atoms with Gasteiger partial charge >= 0.3 is 0 Å². The molecule has 0 aliphatic carbocycles. The summed E-state index contributed by atoms with van der Waals surface area (Å²) in [5.41, 5.74) is 0.948. The first-order chi connectivity index (χ1) is 7.83. The Morgan fingerprint density at radius 2 is 2.31 bits per heavy atom. The number of thiazole rings is 1. The highest BCUT2D eigenvalue weighted by Gasteiger charge is 2.07. The standard InChI is InChI=1S/C10H7ClN4S/c11-6-1-2-8-7(5-6)9(15-14-8)13-10-12-3-4-16-10/h1-5H,(H2,12,13,14,15). The Morgan fingerprint density at radius 3 is 3.12 bits per heavy atom. The zero-order chi connectivity index (χ0) is 11.0. The lowest BCUT2D eigenvalue weighted by Crippen LogP contribution is -1.89. The number of halogens is 1. The first-order valence-corrected chi connectivity index (χ1v) is 5.89. The third kappa shape index (κ3) is 1.64. The number of fused-ring (bicyclic) bond motifs is 1. The van der Waals surface area contributed by atoms with E-state index in [4.69, 9.17) is 11.6 Å². The van der Waals surface area contributed by atoms with Gasteiger partial charge in [-0.05, 0) is 18.2 Å². The molecule has 80 valence electrons. The van der Waals surface area contributed by atoms with E-state index < -0.39 is 0 Å². The van der Waals surface area contributed by atoms with Crippen LogP contribution in [0.25, 0.3) is 10.9 Å². The van der Waals surface area contributed by atoms with Gasteiger partial charge < -0.3 is 5.32 Å². The number of benzene rings is 1. The molecule has 0 unspecified atom stereocenters. The van der Waals surface area contributed by atoms with Crippen molar-refractivity contribution in [1.82, 2.24) is 15.2 Å². The van der Waals surface area contributed by atoms with Crippen molar-refractivity contribution in [2.45, 2.75) is 0 Å². The van der Waals surface area contributed by atoms with E-state index in [-0.39, 0.29) is 0 Å². The van der Waals surface area contributed by atoms with Crippen LogP contribution in [-0.2, 0) is 0 Å². The highest BCUT2D eigenvalue weighted by atomic mass is 35.5. The molecule has 0 spiro atoms. The zero-order valence-corrected chi connectivity index (χ0v) is 9.64. The summed E-state index contributed by atoms with van der Waals surface area (Å²) in [7, 11) is 0. The Hall–Kier alpha value is -1.59. The SMILES string of the molecule is Clc1ccc2[nH]nc(Nc3nccs3)c2c1. The Bertz CT molecular complexity index is 617. The number of hydrogen-bond acceptors (Lipinski definition) is 4. The molecule has 0 saturated heterocycles. The van der Waals surface area contributed by atoms with Crippen molar-refractivity contribution in [2.24, 2.45) is 0 Å².